The van der Waals surface area contributed by atoms with Crippen LogP contribution in [0.3, 0.4) is 0 Å². The Kier molecular flexibility index (Phi) is 3.88. The average Bonchev–Trinajstić information content (AvgIpc) is 2.93. The molecule has 1 aromatic rings. The summed E-state index contributed by atoms with van der Waals surface area (Å²) in [4.78, 5) is 12.9. The van der Waals surface area contributed by atoms with Gasteiger partial charge in [0.25, 0.3) is 10.0 Å². The monoisotopic (exact) mass is 302 g/mol. The molecule has 0 aliphatic carbocycles. The molecule has 1 aromatic heterocycles. The zero-order valence-corrected chi connectivity index (χ0v) is 11.7. The van der Waals surface area contributed by atoms with Crippen molar-refractivity contribution in [2.45, 2.75) is 4.21 Å². The summed E-state index contributed by atoms with van der Waals surface area (Å²) >= 11 is 2.23. The fourth-order valence-electron chi connectivity index (χ4n) is 1.33. The van der Waals surface area contributed by atoms with Crippen molar-refractivity contribution in [1.29, 1.82) is 0 Å². The molecule has 1 saturated heterocycles. The first-order valence-corrected chi connectivity index (χ1v) is 8.27. The van der Waals surface area contributed by atoms with Crippen LogP contribution in [-0.4, -0.2) is 36.7 Å². The Labute approximate surface area is 113 Å². The molecule has 1 amide bonds. The van der Waals surface area contributed by atoms with Crippen molar-refractivity contribution >= 4 is 44.2 Å². The van der Waals surface area contributed by atoms with Crippen LogP contribution in [-0.2, 0) is 14.8 Å². The first kappa shape index (κ1) is 13.3. The van der Waals surface area contributed by atoms with Gasteiger partial charge in [-0.3, -0.25) is 9.69 Å². The van der Waals surface area contributed by atoms with Crippen LogP contribution in [0.1, 0.15) is 0 Å². The fraction of sp³-hybridized carbons (Fsp3) is 0.200. The second-order valence-electron chi connectivity index (χ2n) is 3.36. The predicted octanol–water partition coefficient (Wildman–Crippen LogP) is 1.55. The van der Waals surface area contributed by atoms with Crippen molar-refractivity contribution in [3.63, 3.8) is 0 Å². The lowest BCUT2D eigenvalue weighted by Gasteiger charge is -2.12. The van der Waals surface area contributed by atoms with Crippen LogP contribution in [0, 0.1) is 0 Å². The number of nitrogens with zero attached hydrogens (tertiary/aromatic N) is 2. The molecule has 0 spiro atoms. The number of amidine groups is 1. The summed E-state index contributed by atoms with van der Waals surface area (Å²) in [6.45, 7) is 3.80. The normalized spacial score (nSPS) is 18.6. The zero-order valence-electron chi connectivity index (χ0n) is 9.27. The van der Waals surface area contributed by atoms with E-state index in [1.807, 2.05) is 0 Å². The molecule has 1 aliphatic rings. The molecule has 2 rings (SSSR count). The van der Waals surface area contributed by atoms with Crippen LogP contribution < -0.4 is 0 Å². The Hall–Kier alpha value is -1.12. The fourth-order valence-corrected chi connectivity index (χ4v) is 4.44. The maximum absolute atomic E-state index is 12.0. The average molecular weight is 302 g/mol. The maximum atomic E-state index is 12.0. The van der Waals surface area contributed by atoms with Crippen LogP contribution in [0.15, 0.2) is 38.8 Å². The quantitative estimate of drug-likeness (QED) is 0.792. The zero-order chi connectivity index (χ0) is 13.2. The summed E-state index contributed by atoms with van der Waals surface area (Å²) < 4.78 is 27.8. The third kappa shape index (κ3) is 2.65. The lowest BCUT2D eigenvalue weighted by Crippen LogP contribution is -2.30. The molecule has 0 atom stereocenters. The van der Waals surface area contributed by atoms with E-state index in [-0.39, 0.29) is 27.6 Å². The number of carbonyl (C=O) groups is 1. The third-order valence-corrected chi connectivity index (χ3v) is 5.83. The Balaban J connectivity index is 2.33. The van der Waals surface area contributed by atoms with E-state index in [4.69, 9.17) is 0 Å². The molecular weight excluding hydrogens is 292 g/mol. The van der Waals surface area contributed by atoms with E-state index in [1.165, 1.54) is 17.0 Å². The molecule has 0 saturated carbocycles. The van der Waals surface area contributed by atoms with Gasteiger partial charge < -0.3 is 0 Å². The van der Waals surface area contributed by atoms with E-state index in [9.17, 15) is 13.2 Å². The Bertz CT molecular complexity index is 590. The molecule has 5 nitrogen and oxygen atoms in total. The van der Waals surface area contributed by atoms with Gasteiger partial charge in [-0.2, -0.15) is 8.42 Å². The van der Waals surface area contributed by atoms with Crippen LogP contribution in [0.2, 0.25) is 0 Å². The second kappa shape index (κ2) is 5.25. The first-order chi connectivity index (χ1) is 8.54. The van der Waals surface area contributed by atoms with Crippen LogP contribution in [0.4, 0.5) is 0 Å². The smallest absolute Gasteiger partial charge is 0.286 e. The predicted molar refractivity (Wildman–Crippen MR) is 73.3 cm³/mol. The molecule has 8 heteroatoms. The van der Waals surface area contributed by atoms with Gasteiger partial charge in [0.1, 0.15) is 4.21 Å². The van der Waals surface area contributed by atoms with Gasteiger partial charge in [0, 0.05) is 6.54 Å². The van der Waals surface area contributed by atoms with E-state index in [0.29, 0.717) is 0 Å². The van der Waals surface area contributed by atoms with Gasteiger partial charge in [-0.05, 0) is 11.4 Å². The molecule has 0 aromatic carbocycles. The number of carbonyl (C=O) groups excluding carboxylic acids is 1. The minimum absolute atomic E-state index is 0.153. The number of amides is 1. The summed E-state index contributed by atoms with van der Waals surface area (Å²) in [7, 11) is -3.72. The molecule has 1 aliphatic heterocycles. The first-order valence-electron chi connectivity index (χ1n) is 4.97. The number of thioether (sulfide) groups is 1. The maximum Gasteiger partial charge on any atom is 0.294 e. The highest BCUT2D eigenvalue weighted by molar-refractivity contribution is 8.15. The summed E-state index contributed by atoms with van der Waals surface area (Å²) in [5, 5.41) is 1.88. The molecule has 0 unspecified atom stereocenters. The molecule has 18 heavy (non-hydrogen) atoms. The summed E-state index contributed by atoms with van der Waals surface area (Å²) in [5.41, 5.74) is 0. The molecule has 0 radical (unpaired) electrons. The summed E-state index contributed by atoms with van der Waals surface area (Å²) in [5.74, 6) is 0.0622. The highest BCUT2D eigenvalue weighted by Crippen LogP contribution is 2.24. The lowest BCUT2D eigenvalue weighted by atomic mass is 10.5. The van der Waals surface area contributed by atoms with Gasteiger partial charge in [0.05, 0.1) is 5.75 Å². The molecule has 2 heterocycles. The van der Waals surface area contributed by atoms with Gasteiger partial charge in [-0.15, -0.1) is 22.3 Å². The van der Waals surface area contributed by atoms with E-state index in [2.05, 4.69) is 11.0 Å². The van der Waals surface area contributed by atoms with Crippen molar-refractivity contribution in [3.05, 3.63) is 30.2 Å². The number of rotatable bonds is 4. The Morgan fingerprint density at radius 3 is 2.94 bits per heavy atom. The standard InChI is InChI=1S/C10H10N2O3S3/c1-2-5-12-8(13)7-17-10(12)11-18(14,15)9-4-3-6-16-9/h2-4,6H,1,5,7H2. The van der Waals surface area contributed by atoms with Gasteiger partial charge in [-0.25, -0.2) is 0 Å². The van der Waals surface area contributed by atoms with Gasteiger partial charge in [-0.1, -0.05) is 23.9 Å². The van der Waals surface area contributed by atoms with E-state index < -0.39 is 10.0 Å². The topological polar surface area (TPSA) is 66.8 Å². The van der Waals surface area contributed by atoms with E-state index >= 15 is 0 Å². The highest BCUT2D eigenvalue weighted by Gasteiger charge is 2.29. The molecule has 0 N–H and O–H groups in total. The highest BCUT2D eigenvalue weighted by atomic mass is 32.2. The molecule has 96 valence electrons. The van der Waals surface area contributed by atoms with E-state index in [0.717, 1.165) is 23.1 Å². The van der Waals surface area contributed by atoms with E-state index in [1.54, 1.807) is 11.4 Å². The van der Waals surface area contributed by atoms with Gasteiger partial charge >= 0.3 is 0 Å². The summed E-state index contributed by atoms with van der Waals surface area (Å²) in [6, 6.07) is 3.13. The second-order valence-corrected chi connectivity index (χ2v) is 7.08. The third-order valence-electron chi connectivity index (χ3n) is 2.12. The molecular formula is C10H10N2O3S3. The lowest BCUT2D eigenvalue weighted by molar-refractivity contribution is -0.123. The van der Waals surface area contributed by atoms with Crippen LogP contribution in [0.5, 0.6) is 0 Å². The van der Waals surface area contributed by atoms with Crippen molar-refractivity contribution < 1.29 is 13.2 Å². The van der Waals surface area contributed by atoms with Gasteiger partial charge in [0.2, 0.25) is 5.91 Å². The van der Waals surface area contributed by atoms with Crippen molar-refractivity contribution in [1.82, 2.24) is 4.90 Å². The van der Waals surface area contributed by atoms with Crippen molar-refractivity contribution in [2.24, 2.45) is 4.40 Å². The van der Waals surface area contributed by atoms with Crippen molar-refractivity contribution in [2.75, 3.05) is 12.3 Å². The SMILES string of the molecule is C=CCN1C(=O)CSC1=NS(=O)(=O)c1cccs1. The van der Waals surface area contributed by atoms with Gasteiger partial charge in [0.15, 0.2) is 5.17 Å². The minimum atomic E-state index is -3.72. The molecule has 0 bridgehead atoms. The number of hydrogen-bond acceptors (Lipinski definition) is 5. The van der Waals surface area contributed by atoms with Crippen LogP contribution >= 0.6 is 23.1 Å². The molecule has 1 fully saturated rings. The largest absolute Gasteiger partial charge is 0.294 e. The number of sulfonamides is 1. The van der Waals surface area contributed by atoms with Crippen molar-refractivity contribution in [3.8, 4) is 0 Å². The Morgan fingerprint density at radius 1 is 1.56 bits per heavy atom. The number of hydrogen-bond donors (Lipinski definition) is 0. The number of thiophene rings is 1. The Morgan fingerprint density at radius 2 is 2.33 bits per heavy atom. The minimum Gasteiger partial charge on any atom is -0.286 e. The summed E-state index contributed by atoms with van der Waals surface area (Å²) in [6.07, 6.45) is 1.54. The van der Waals surface area contributed by atoms with Crippen LogP contribution in [0.25, 0.3) is 0 Å².